The molecule has 0 aliphatic carbocycles. The molecule has 1 aromatic carbocycles. The summed E-state index contributed by atoms with van der Waals surface area (Å²) in [6.45, 7) is 6.25. The van der Waals surface area contributed by atoms with Crippen LogP contribution in [0, 0.1) is 6.92 Å². The highest BCUT2D eigenvalue weighted by Crippen LogP contribution is 2.11. The molecule has 0 amide bonds. The summed E-state index contributed by atoms with van der Waals surface area (Å²) in [7, 11) is 0. The van der Waals surface area contributed by atoms with Crippen LogP contribution in [0.3, 0.4) is 0 Å². The number of rotatable bonds is 6. The van der Waals surface area contributed by atoms with Gasteiger partial charge < -0.3 is 15.0 Å². The Kier molecular flexibility index (Phi) is 4.53. The lowest BCUT2D eigenvalue weighted by Crippen LogP contribution is -2.15. The number of benzene rings is 1. The smallest absolute Gasteiger partial charge is 0.335 e. The van der Waals surface area contributed by atoms with Crippen molar-refractivity contribution < 1.29 is 9.90 Å². The van der Waals surface area contributed by atoms with Crippen LogP contribution in [0.4, 0.5) is 0 Å². The molecule has 20 heavy (non-hydrogen) atoms. The van der Waals surface area contributed by atoms with Gasteiger partial charge in [-0.25, -0.2) is 9.78 Å². The molecule has 0 aliphatic rings. The molecule has 0 fully saturated rings. The quantitative estimate of drug-likeness (QED) is 0.846. The Labute approximate surface area is 118 Å². The van der Waals surface area contributed by atoms with Crippen LogP contribution in [0.5, 0.6) is 0 Å². The van der Waals surface area contributed by atoms with Gasteiger partial charge in [-0.1, -0.05) is 12.1 Å². The molecule has 0 atom stereocenters. The van der Waals surface area contributed by atoms with E-state index in [1.165, 1.54) is 0 Å². The van der Waals surface area contributed by atoms with Crippen LogP contribution in [-0.2, 0) is 19.6 Å². The lowest BCUT2D eigenvalue weighted by atomic mass is 10.1. The first-order chi connectivity index (χ1) is 9.61. The number of nitrogens with zero attached hydrogens (tertiary/aromatic N) is 2. The number of carbonyl (C=O) groups is 1. The molecule has 2 rings (SSSR count). The van der Waals surface area contributed by atoms with Crippen molar-refractivity contribution in [3.8, 4) is 0 Å². The maximum atomic E-state index is 10.9. The molecule has 0 spiro atoms. The lowest BCUT2D eigenvalue weighted by molar-refractivity contribution is 0.0696. The van der Waals surface area contributed by atoms with Crippen molar-refractivity contribution in [3.05, 3.63) is 53.1 Å². The topological polar surface area (TPSA) is 67.2 Å². The Balaban J connectivity index is 1.95. The maximum absolute atomic E-state index is 10.9. The zero-order chi connectivity index (χ0) is 14.5. The molecule has 5 nitrogen and oxygen atoms in total. The number of aryl methyl sites for hydroxylation is 2. The molecule has 1 aromatic heterocycles. The molecule has 5 heteroatoms. The van der Waals surface area contributed by atoms with E-state index in [4.69, 9.17) is 5.11 Å². The van der Waals surface area contributed by atoms with E-state index in [9.17, 15) is 4.79 Å². The van der Waals surface area contributed by atoms with Crippen molar-refractivity contribution in [1.29, 1.82) is 0 Å². The first-order valence-corrected chi connectivity index (χ1v) is 6.64. The third kappa shape index (κ3) is 3.24. The minimum absolute atomic E-state index is 0.359. The number of aromatic nitrogens is 2. The number of hydrogen-bond donors (Lipinski definition) is 2. The van der Waals surface area contributed by atoms with Crippen LogP contribution in [0.15, 0.2) is 30.7 Å². The third-order valence-corrected chi connectivity index (χ3v) is 3.30. The van der Waals surface area contributed by atoms with Crippen LogP contribution < -0.4 is 5.32 Å². The maximum Gasteiger partial charge on any atom is 0.335 e. The Morgan fingerprint density at radius 3 is 2.85 bits per heavy atom. The van der Waals surface area contributed by atoms with Crippen molar-refractivity contribution in [2.45, 2.75) is 33.5 Å². The molecule has 0 radical (unpaired) electrons. The fraction of sp³-hybridized carbons (Fsp3) is 0.333. The van der Waals surface area contributed by atoms with E-state index in [1.54, 1.807) is 6.07 Å². The van der Waals surface area contributed by atoms with Crippen LogP contribution in [0.2, 0.25) is 0 Å². The number of hydrogen-bond acceptors (Lipinski definition) is 3. The molecular weight excluding hydrogens is 254 g/mol. The van der Waals surface area contributed by atoms with Gasteiger partial charge >= 0.3 is 5.97 Å². The molecule has 1 heterocycles. The van der Waals surface area contributed by atoms with Gasteiger partial charge in [0, 0.05) is 25.8 Å². The summed E-state index contributed by atoms with van der Waals surface area (Å²) in [6, 6.07) is 5.42. The summed E-state index contributed by atoms with van der Waals surface area (Å²) in [6.07, 6.45) is 3.68. The van der Waals surface area contributed by atoms with Crippen molar-refractivity contribution in [2.24, 2.45) is 0 Å². The fourth-order valence-electron chi connectivity index (χ4n) is 2.19. The molecule has 0 saturated heterocycles. The van der Waals surface area contributed by atoms with Crippen LogP contribution in [0.1, 0.15) is 34.1 Å². The van der Waals surface area contributed by atoms with Gasteiger partial charge in [-0.15, -0.1) is 0 Å². The molecule has 0 aliphatic heterocycles. The largest absolute Gasteiger partial charge is 0.478 e. The summed E-state index contributed by atoms with van der Waals surface area (Å²) in [5.74, 6) is -0.881. The standard InChI is InChI=1S/C15H19N3O2/c1-3-18-10-17-9-13(18)8-16-7-12-4-5-14(15(19)20)11(2)6-12/h4-6,9-10,16H,3,7-8H2,1-2H3,(H,19,20). The predicted octanol–water partition coefficient (Wildman–Crippen LogP) is 2.20. The number of nitrogens with one attached hydrogen (secondary N) is 1. The minimum atomic E-state index is -0.881. The number of carboxylic acid groups (broad SMARTS) is 1. The zero-order valence-electron chi connectivity index (χ0n) is 11.8. The van der Waals surface area contributed by atoms with E-state index < -0.39 is 5.97 Å². The van der Waals surface area contributed by atoms with Gasteiger partial charge in [-0.3, -0.25) is 0 Å². The SMILES string of the molecule is CCn1cncc1CNCc1ccc(C(=O)O)c(C)c1. The highest BCUT2D eigenvalue weighted by Gasteiger charge is 2.07. The lowest BCUT2D eigenvalue weighted by Gasteiger charge is -2.09. The Morgan fingerprint density at radius 1 is 1.40 bits per heavy atom. The summed E-state index contributed by atoms with van der Waals surface area (Å²) in [5, 5.41) is 12.3. The summed E-state index contributed by atoms with van der Waals surface area (Å²) < 4.78 is 2.09. The van der Waals surface area contributed by atoms with Gasteiger partial charge in [-0.2, -0.15) is 0 Å². The highest BCUT2D eigenvalue weighted by atomic mass is 16.4. The molecule has 0 saturated carbocycles. The minimum Gasteiger partial charge on any atom is -0.478 e. The number of imidazole rings is 1. The second kappa shape index (κ2) is 6.34. The first-order valence-electron chi connectivity index (χ1n) is 6.64. The van der Waals surface area contributed by atoms with Crippen molar-refractivity contribution in [2.75, 3.05) is 0 Å². The molecule has 106 valence electrons. The van der Waals surface area contributed by atoms with Crippen LogP contribution in [0.25, 0.3) is 0 Å². The van der Waals surface area contributed by atoms with Crippen LogP contribution in [-0.4, -0.2) is 20.6 Å². The molecular formula is C15H19N3O2. The van der Waals surface area contributed by atoms with Gasteiger partial charge in [0.15, 0.2) is 0 Å². The van der Waals surface area contributed by atoms with Gasteiger partial charge in [-0.05, 0) is 31.0 Å². The molecule has 0 bridgehead atoms. The fourth-order valence-corrected chi connectivity index (χ4v) is 2.19. The average Bonchev–Trinajstić information content (AvgIpc) is 2.86. The molecule has 0 unspecified atom stereocenters. The van der Waals surface area contributed by atoms with Gasteiger partial charge in [0.05, 0.1) is 17.6 Å². The summed E-state index contributed by atoms with van der Waals surface area (Å²) in [4.78, 5) is 15.1. The van der Waals surface area contributed by atoms with Crippen molar-refractivity contribution in [3.63, 3.8) is 0 Å². The normalized spacial score (nSPS) is 10.7. The second-order valence-electron chi connectivity index (χ2n) is 4.73. The number of carboxylic acids is 1. The molecule has 2 N–H and O–H groups in total. The Morgan fingerprint density at radius 2 is 2.20 bits per heavy atom. The number of aromatic carboxylic acids is 1. The summed E-state index contributed by atoms with van der Waals surface area (Å²) >= 11 is 0. The first kappa shape index (κ1) is 14.3. The van der Waals surface area contributed by atoms with Crippen LogP contribution >= 0.6 is 0 Å². The van der Waals surface area contributed by atoms with E-state index in [-0.39, 0.29) is 0 Å². The zero-order valence-corrected chi connectivity index (χ0v) is 11.8. The Hall–Kier alpha value is -2.14. The average molecular weight is 273 g/mol. The predicted molar refractivity (Wildman–Crippen MR) is 76.6 cm³/mol. The third-order valence-electron chi connectivity index (χ3n) is 3.30. The van der Waals surface area contributed by atoms with E-state index in [2.05, 4.69) is 21.8 Å². The van der Waals surface area contributed by atoms with Gasteiger partial charge in [0.25, 0.3) is 0 Å². The monoisotopic (exact) mass is 273 g/mol. The Bertz CT molecular complexity index is 605. The van der Waals surface area contributed by atoms with E-state index >= 15 is 0 Å². The van der Waals surface area contributed by atoms with E-state index in [0.29, 0.717) is 12.1 Å². The van der Waals surface area contributed by atoms with Crippen molar-refractivity contribution >= 4 is 5.97 Å². The van der Waals surface area contributed by atoms with Crippen molar-refractivity contribution in [1.82, 2.24) is 14.9 Å². The summed E-state index contributed by atoms with van der Waals surface area (Å²) in [5.41, 5.74) is 3.37. The molecule has 2 aromatic rings. The van der Waals surface area contributed by atoms with E-state index in [1.807, 2.05) is 31.6 Å². The second-order valence-corrected chi connectivity index (χ2v) is 4.73. The highest BCUT2D eigenvalue weighted by molar-refractivity contribution is 5.89. The van der Waals surface area contributed by atoms with Gasteiger partial charge in [0.1, 0.15) is 0 Å². The van der Waals surface area contributed by atoms with Gasteiger partial charge in [0.2, 0.25) is 0 Å². The van der Waals surface area contributed by atoms with E-state index in [0.717, 1.165) is 29.9 Å².